The highest BCUT2D eigenvalue weighted by molar-refractivity contribution is 6.04. The molecule has 4 nitrogen and oxygen atoms in total. The lowest BCUT2D eigenvalue weighted by atomic mass is 10.1. The highest BCUT2D eigenvalue weighted by Crippen LogP contribution is 2.17. The van der Waals surface area contributed by atoms with Gasteiger partial charge in [0.2, 0.25) is 5.91 Å². The van der Waals surface area contributed by atoms with E-state index in [-0.39, 0.29) is 11.8 Å². The third-order valence-electron chi connectivity index (χ3n) is 4.50. The summed E-state index contributed by atoms with van der Waals surface area (Å²) in [6.45, 7) is 5.45. The Kier molecular flexibility index (Phi) is 4.65. The maximum atomic E-state index is 12.5. The lowest BCUT2D eigenvalue weighted by Crippen LogP contribution is -2.24. The molecule has 1 aliphatic heterocycles. The summed E-state index contributed by atoms with van der Waals surface area (Å²) in [5.41, 5.74) is 4.73. The van der Waals surface area contributed by atoms with Crippen LogP contribution in [0.4, 0.5) is 5.69 Å². The number of anilines is 1. The minimum atomic E-state index is -0.132. The average Bonchev–Trinajstić information content (AvgIpc) is 2.96. The summed E-state index contributed by atoms with van der Waals surface area (Å²) in [6, 6.07) is 13.4. The van der Waals surface area contributed by atoms with Gasteiger partial charge in [-0.15, -0.1) is 0 Å². The molecule has 2 aromatic rings. The number of benzene rings is 2. The molecule has 0 aromatic heterocycles. The van der Waals surface area contributed by atoms with Gasteiger partial charge < -0.3 is 10.2 Å². The molecule has 2 amide bonds. The minimum absolute atomic E-state index is 0.132. The fourth-order valence-corrected chi connectivity index (χ4v) is 2.92. The van der Waals surface area contributed by atoms with E-state index in [0.717, 1.165) is 29.8 Å². The summed E-state index contributed by atoms with van der Waals surface area (Å²) in [7, 11) is 0. The predicted octanol–water partition coefficient (Wildman–Crippen LogP) is 3.68. The van der Waals surface area contributed by atoms with E-state index in [0.29, 0.717) is 18.5 Å². The van der Waals surface area contributed by atoms with Crippen molar-refractivity contribution in [3.63, 3.8) is 0 Å². The second-order valence-corrected chi connectivity index (χ2v) is 6.37. The minimum Gasteiger partial charge on any atom is -0.338 e. The lowest BCUT2D eigenvalue weighted by Gasteiger charge is -2.16. The summed E-state index contributed by atoms with van der Waals surface area (Å²) < 4.78 is 0. The van der Waals surface area contributed by atoms with Crippen LogP contribution in [0, 0.1) is 13.8 Å². The molecule has 0 saturated carbocycles. The fraction of sp³-hybridized carbons (Fsp3) is 0.300. The fourth-order valence-electron chi connectivity index (χ4n) is 2.92. The van der Waals surface area contributed by atoms with Gasteiger partial charge in [-0.1, -0.05) is 18.2 Å². The third-order valence-corrected chi connectivity index (χ3v) is 4.50. The molecule has 4 heteroatoms. The molecule has 1 N–H and O–H groups in total. The Bertz CT molecular complexity index is 783. The number of likely N-dealkylation sites (tertiary alicyclic amines) is 1. The van der Waals surface area contributed by atoms with Crippen LogP contribution >= 0.6 is 0 Å². The van der Waals surface area contributed by atoms with Crippen molar-refractivity contribution in [2.75, 3.05) is 11.9 Å². The standard InChI is InChI=1S/C20H22N2O2/c1-14-8-9-18(11-15(14)2)21-20(24)17-6-3-5-16(12-17)13-22-10-4-7-19(22)23/h3,5-6,8-9,11-12H,4,7,10,13H2,1-2H3,(H,21,24). The summed E-state index contributed by atoms with van der Waals surface area (Å²) in [5, 5.41) is 2.94. The molecule has 1 aliphatic rings. The molecule has 3 rings (SSSR count). The molecule has 0 spiro atoms. The SMILES string of the molecule is Cc1ccc(NC(=O)c2cccc(CN3CCCC3=O)c2)cc1C. The van der Waals surface area contributed by atoms with E-state index in [2.05, 4.69) is 5.32 Å². The number of rotatable bonds is 4. The zero-order valence-corrected chi connectivity index (χ0v) is 14.1. The van der Waals surface area contributed by atoms with Crippen LogP contribution in [0.1, 0.15) is 39.9 Å². The summed E-state index contributed by atoms with van der Waals surface area (Å²) in [4.78, 5) is 26.1. The number of carbonyl (C=O) groups excluding carboxylic acids is 2. The van der Waals surface area contributed by atoms with Gasteiger partial charge >= 0.3 is 0 Å². The smallest absolute Gasteiger partial charge is 0.255 e. The summed E-state index contributed by atoms with van der Waals surface area (Å²) in [5.74, 6) is 0.0628. The van der Waals surface area contributed by atoms with Gasteiger partial charge in [-0.2, -0.15) is 0 Å². The van der Waals surface area contributed by atoms with Gasteiger partial charge in [0, 0.05) is 30.8 Å². The molecule has 24 heavy (non-hydrogen) atoms. The van der Waals surface area contributed by atoms with Crippen LogP contribution < -0.4 is 5.32 Å². The Morgan fingerprint density at radius 2 is 1.96 bits per heavy atom. The molecule has 0 aliphatic carbocycles. The Labute approximate surface area is 142 Å². The molecule has 0 bridgehead atoms. The molecular formula is C20H22N2O2. The van der Waals surface area contributed by atoms with Crippen LogP contribution in [0.25, 0.3) is 0 Å². The third kappa shape index (κ3) is 3.65. The van der Waals surface area contributed by atoms with E-state index in [1.807, 2.05) is 55.1 Å². The van der Waals surface area contributed by atoms with Crippen LogP contribution in [0.15, 0.2) is 42.5 Å². The lowest BCUT2D eigenvalue weighted by molar-refractivity contribution is -0.128. The number of nitrogens with one attached hydrogen (secondary N) is 1. The van der Waals surface area contributed by atoms with Crippen LogP contribution in [-0.2, 0) is 11.3 Å². The number of carbonyl (C=O) groups is 2. The van der Waals surface area contributed by atoms with E-state index < -0.39 is 0 Å². The zero-order valence-electron chi connectivity index (χ0n) is 14.1. The Hall–Kier alpha value is -2.62. The van der Waals surface area contributed by atoms with Gasteiger partial charge in [0.05, 0.1) is 0 Å². The van der Waals surface area contributed by atoms with Crippen molar-refractivity contribution >= 4 is 17.5 Å². The largest absolute Gasteiger partial charge is 0.338 e. The first-order chi connectivity index (χ1) is 11.5. The Morgan fingerprint density at radius 3 is 2.67 bits per heavy atom. The van der Waals surface area contributed by atoms with Crippen molar-refractivity contribution in [1.29, 1.82) is 0 Å². The predicted molar refractivity (Wildman–Crippen MR) is 95.0 cm³/mol. The summed E-state index contributed by atoms with van der Waals surface area (Å²) >= 11 is 0. The van der Waals surface area contributed by atoms with E-state index in [4.69, 9.17) is 0 Å². The van der Waals surface area contributed by atoms with Crippen molar-refractivity contribution in [3.05, 3.63) is 64.7 Å². The van der Waals surface area contributed by atoms with E-state index in [1.165, 1.54) is 5.56 Å². The van der Waals surface area contributed by atoms with E-state index in [9.17, 15) is 9.59 Å². The zero-order chi connectivity index (χ0) is 17.1. The molecule has 2 aromatic carbocycles. The second kappa shape index (κ2) is 6.87. The number of aryl methyl sites for hydroxylation is 2. The Morgan fingerprint density at radius 1 is 1.12 bits per heavy atom. The average molecular weight is 322 g/mol. The first kappa shape index (κ1) is 16.2. The highest BCUT2D eigenvalue weighted by Gasteiger charge is 2.20. The first-order valence-electron chi connectivity index (χ1n) is 8.28. The van der Waals surface area contributed by atoms with Crippen LogP contribution in [0.2, 0.25) is 0 Å². The van der Waals surface area contributed by atoms with Gasteiger partial charge in [0.15, 0.2) is 0 Å². The maximum Gasteiger partial charge on any atom is 0.255 e. The van der Waals surface area contributed by atoms with Gasteiger partial charge in [0.25, 0.3) is 5.91 Å². The molecule has 0 atom stereocenters. The van der Waals surface area contributed by atoms with Gasteiger partial charge in [-0.25, -0.2) is 0 Å². The normalized spacial score (nSPS) is 14.1. The molecule has 0 radical (unpaired) electrons. The van der Waals surface area contributed by atoms with Crippen LogP contribution in [-0.4, -0.2) is 23.3 Å². The highest BCUT2D eigenvalue weighted by atomic mass is 16.2. The topological polar surface area (TPSA) is 49.4 Å². The van der Waals surface area contributed by atoms with Crippen LogP contribution in [0.5, 0.6) is 0 Å². The quantitative estimate of drug-likeness (QED) is 0.933. The monoisotopic (exact) mass is 322 g/mol. The molecule has 1 saturated heterocycles. The molecule has 1 heterocycles. The van der Waals surface area contributed by atoms with Crippen LogP contribution in [0.3, 0.4) is 0 Å². The van der Waals surface area contributed by atoms with Crippen molar-refractivity contribution < 1.29 is 9.59 Å². The van der Waals surface area contributed by atoms with Gasteiger partial charge in [-0.3, -0.25) is 9.59 Å². The number of nitrogens with zero attached hydrogens (tertiary/aromatic N) is 1. The first-order valence-corrected chi connectivity index (χ1v) is 8.28. The van der Waals surface area contributed by atoms with Gasteiger partial charge in [-0.05, 0) is 61.2 Å². The van der Waals surface area contributed by atoms with E-state index >= 15 is 0 Å². The van der Waals surface area contributed by atoms with Crippen molar-refractivity contribution in [3.8, 4) is 0 Å². The molecule has 124 valence electrons. The molecule has 0 unspecified atom stereocenters. The van der Waals surface area contributed by atoms with Crippen molar-refractivity contribution in [2.45, 2.75) is 33.2 Å². The molecular weight excluding hydrogens is 300 g/mol. The summed E-state index contributed by atoms with van der Waals surface area (Å²) in [6.07, 6.45) is 1.55. The van der Waals surface area contributed by atoms with E-state index in [1.54, 1.807) is 6.07 Å². The number of amides is 2. The maximum absolute atomic E-state index is 12.5. The van der Waals surface area contributed by atoms with Crippen molar-refractivity contribution in [1.82, 2.24) is 4.90 Å². The van der Waals surface area contributed by atoms with Gasteiger partial charge in [0.1, 0.15) is 0 Å². The van der Waals surface area contributed by atoms with Crippen molar-refractivity contribution in [2.24, 2.45) is 0 Å². The molecule has 1 fully saturated rings. The number of hydrogen-bond acceptors (Lipinski definition) is 2. The number of hydrogen-bond donors (Lipinski definition) is 1. The Balaban J connectivity index is 1.71. The second-order valence-electron chi connectivity index (χ2n) is 6.37.